The fourth-order valence-corrected chi connectivity index (χ4v) is 3.33. The summed E-state index contributed by atoms with van der Waals surface area (Å²) in [5.41, 5.74) is 0.559. The van der Waals surface area contributed by atoms with Gasteiger partial charge in [0.1, 0.15) is 5.34 Å². The third-order valence-electron chi connectivity index (χ3n) is 2.33. The molecule has 0 fully saturated rings. The van der Waals surface area contributed by atoms with Gasteiger partial charge < -0.3 is 9.26 Å². The Bertz CT molecular complexity index is 248. The quantitative estimate of drug-likeness (QED) is 0.441. The van der Waals surface area contributed by atoms with Gasteiger partial charge in [-0.25, -0.2) is 0 Å². The summed E-state index contributed by atoms with van der Waals surface area (Å²) in [6, 6.07) is 0. The maximum absolute atomic E-state index is 5.71. The largest absolute Gasteiger partial charge is 0.366 e. The van der Waals surface area contributed by atoms with Crippen LogP contribution in [0.2, 0.25) is 0 Å². The first-order valence-electron chi connectivity index (χ1n) is 6.08. The molecule has 0 saturated heterocycles. The molecule has 0 aliphatic carbocycles. The summed E-state index contributed by atoms with van der Waals surface area (Å²) in [6.07, 6.45) is 3.26. The first kappa shape index (κ1) is 18.1. The van der Waals surface area contributed by atoms with E-state index < -0.39 is 6.92 Å². The molecule has 0 spiro atoms. The summed E-state index contributed by atoms with van der Waals surface area (Å²) in [5, 5.41) is -0.216. The molecule has 0 aliphatic heterocycles. The van der Waals surface area contributed by atoms with E-state index in [-0.39, 0.29) is 5.34 Å². The summed E-state index contributed by atoms with van der Waals surface area (Å²) < 4.78 is 11.4. The molecule has 0 aliphatic rings. The Hall–Kier alpha value is 1.09. The summed E-state index contributed by atoms with van der Waals surface area (Å²) in [4.78, 5) is 0. The Morgan fingerprint density at radius 3 is 2.53 bits per heavy atom. The van der Waals surface area contributed by atoms with Gasteiger partial charge in [-0.1, -0.05) is 43.9 Å². The fraction of sp³-hybridized carbons (Fsp3) is 1.00. The molecule has 0 N–H and O–H groups in total. The zero-order valence-corrected chi connectivity index (χ0v) is 14.7. The van der Waals surface area contributed by atoms with Crippen molar-refractivity contribution in [3.8, 4) is 0 Å². The minimum absolute atomic E-state index is 0.216. The fourth-order valence-electron chi connectivity index (χ4n) is 1.27. The molecule has 0 radical (unpaired) electrons. The van der Waals surface area contributed by atoms with Gasteiger partial charge in [0.25, 0.3) is 0 Å². The highest BCUT2D eigenvalue weighted by Gasteiger charge is 2.14. The van der Waals surface area contributed by atoms with Gasteiger partial charge in [0.05, 0.1) is 20.1 Å². The van der Waals surface area contributed by atoms with E-state index in [2.05, 4.69) is 13.8 Å². The van der Waals surface area contributed by atoms with Crippen molar-refractivity contribution in [2.75, 3.05) is 13.2 Å². The molecule has 2 nitrogen and oxygen atoms in total. The van der Waals surface area contributed by atoms with Crippen LogP contribution >= 0.6 is 14.3 Å². The Balaban J connectivity index is 3.58. The summed E-state index contributed by atoms with van der Waals surface area (Å²) in [6.45, 7) is 8.77. The molecule has 0 aromatic carbocycles. The monoisotopic (exact) mass is 314 g/mol. The number of hydrogen-bond donors (Lipinski definition) is 0. The Morgan fingerprint density at radius 1 is 1.35 bits per heavy atom. The highest BCUT2D eigenvalue weighted by atomic mass is 32.4. The van der Waals surface area contributed by atoms with E-state index in [4.69, 9.17) is 32.9 Å². The van der Waals surface area contributed by atoms with Gasteiger partial charge in [-0.15, -0.1) is 0 Å². The molecule has 0 aromatic heterocycles. The normalized spacial score (nSPS) is 16.0. The molecule has 0 bridgehead atoms. The second kappa shape index (κ2) is 9.95. The van der Waals surface area contributed by atoms with E-state index in [0.29, 0.717) is 12.3 Å². The van der Waals surface area contributed by atoms with Crippen molar-refractivity contribution in [3.63, 3.8) is 0 Å². The van der Waals surface area contributed by atoms with E-state index in [1.165, 1.54) is 12.8 Å². The molecule has 102 valence electrons. The molecule has 17 heavy (non-hydrogen) atoms. The van der Waals surface area contributed by atoms with Crippen molar-refractivity contribution in [2.45, 2.75) is 58.0 Å². The molecule has 6 heteroatoms. The van der Waals surface area contributed by atoms with Crippen LogP contribution in [0.1, 0.15) is 47.0 Å². The molecular formula is C11H24O2P2S2. The van der Waals surface area contributed by atoms with Crippen LogP contribution in [-0.2, 0) is 32.9 Å². The molecular weight excluding hydrogens is 290 g/mol. The second-order valence-electron chi connectivity index (χ2n) is 4.60. The van der Waals surface area contributed by atoms with E-state index in [1.807, 2.05) is 13.8 Å². The van der Waals surface area contributed by atoms with Crippen molar-refractivity contribution in [3.05, 3.63) is 0 Å². The first-order chi connectivity index (χ1) is 7.93. The zero-order valence-electron chi connectivity index (χ0n) is 11.2. The highest BCUT2D eigenvalue weighted by molar-refractivity contribution is 8.03. The van der Waals surface area contributed by atoms with Crippen LogP contribution in [0, 0.1) is 0 Å². The van der Waals surface area contributed by atoms with Crippen LogP contribution in [0.15, 0.2) is 0 Å². The smallest absolute Gasteiger partial charge is 0.114 e. The lowest BCUT2D eigenvalue weighted by molar-refractivity contribution is 0.0445. The van der Waals surface area contributed by atoms with Gasteiger partial charge >= 0.3 is 0 Å². The van der Waals surface area contributed by atoms with Crippen molar-refractivity contribution in [2.24, 2.45) is 0 Å². The lowest BCUT2D eigenvalue weighted by atomic mass is 10.3. The lowest BCUT2D eigenvalue weighted by Crippen LogP contribution is -2.17. The SMILES string of the molecule is CCCC(C)[PH](=S)OCCCOC(C)(C)P=S. The van der Waals surface area contributed by atoms with E-state index in [9.17, 15) is 0 Å². The third kappa shape index (κ3) is 9.64. The maximum atomic E-state index is 5.71. The molecule has 0 saturated carbocycles. The van der Waals surface area contributed by atoms with Gasteiger partial charge in [-0.3, -0.25) is 0 Å². The summed E-state index contributed by atoms with van der Waals surface area (Å²) in [5.74, 6) is 0. The van der Waals surface area contributed by atoms with Crippen LogP contribution in [0.25, 0.3) is 0 Å². The standard InChI is InChI=1S/C11H24O2P2S2/c1-5-7-10(2)15(17)13-9-6-8-12-11(3,4)14-16/h10,15H,5-9H2,1-4H3. The Morgan fingerprint density at radius 2 is 2.00 bits per heavy atom. The molecule has 2 unspecified atom stereocenters. The van der Waals surface area contributed by atoms with Gasteiger partial charge in [0.2, 0.25) is 0 Å². The van der Waals surface area contributed by atoms with Gasteiger partial charge in [0.15, 0.2) is 0 Å². The van der Waals surface area contributed by atoms with Crippen LogP contribution < -0.4 is 0 Å². The molecule has 2 atom stereocenters. The number of rotatable bonds is 10. The minimum atomic E-state index is -1.05. The second-order valence-corrected chi connectivity index (χ2v) is 9.52. The molecule has 0 heterocycles. The van der Waals surface area contributed by atoms with Gasteiger partial charge in [0, 0.05) is 13.0 Å². The van der Waals surface area contributed by atoms with Crippen molar-refractivity contribution >= 4 is 37.9 Å². The first-order valence-corrected chi connectivity index (χ1v) is 10.6. The molecule has 0 rings (SSSR count). The van der Waals surface area contributed by atoms with Gasteiger partial charge in [-0.05, 0) is 26.7 Å². The molecule has 0 aromatic rings. The van der Waals surface area contributed by atoms with Gasteiger partial charge in [-0.2, -0.15) is 0 Å². The number of hydrogen-bond acceptors (Lipinski definition) is 4. The van der Waals surface area contributed by atoms with Crippen molar-refractivity contribution in [1.82, 2.24) is 0 Å². The summed E-state index contributed by atoms with van der Waals surface area (Å²) >= 11 is 10.4. The van der Waals surface area contributed by atoms with E-state index in [0.717, 1.165) is 20.4 Å². The topological polar surface area (TPSA) is 18.5 Å². The van der Waals surface area contributed by atoms with E-state index >= 15 is 0 Å². The van der Waals surface area contributed by atoms with Crippen molar-refractivity contribution < 1.29 is 9.26 Å². The van der Waals surface area contributed by atoms with E-state index in [1.54, 1.807) is 0 Å². The highest BCUT2D eigenvalue weighted by Crippen LogP contribution is 2.32. The average Bonchev–Trinajstić information content (AvgIpc) is 2.28. The molecule has 0 amide bonds. The predicted octanol–water partition coefficient (Wildman–Crippen LogP) is 4.33. The van der Waals surface area contributed by atoms with Crippen LogP contribution in [0.5, 0.6) is 0 Å². The van der Waals surface area contributed by atoms with Crippen LogP contribution in [0.4, 0.5) is 0 Å². The minimum Gasteiger partial charge on any atom is -0.366 e. The average molecular weight is 314 g/mol. The number of ether oxygens (including phenoxy) is 1. The van der Waals surface area contributed by atoms with Crippen molar-refractivity contribution in [1.29, 1.82) is 0 Å². The Kier molecular flexibility index (Phi) is 10.6. The zero-order chi connectivity index (χ0) is 13.3. The third-order valence-corrected chi connectivity index (χ3v) is 7.36. The predicted molar refractivity (Wildman–Crippen MR) is 84.9 cm³/mol. The summed E-state index contributed by atoms with van der Waals surface area (Å²) in [7, 11) is 0.851. The Labute approximate surface area is 118 Å². The van der Waals surface area contributed by atoms with Crippen LogP contribution in [0.3, 0.4) is 0 Å². The van der Waals surface area contributed by atoms with Crippen LogP contribution in [-0.4, -0.2) is 24.2 Å². The maximum Gasteiger partial charge on any atom is 0.114 e. The lowest BCUT2D eigenvalue weighted by Gasteiger charge is -2.19.